The van der Waals surface area contributed by atoms with Gasteiger partial charge in [0.25, 0.3) is 0 Å². The fourth-order valence-corrected chi connectivity index (χ4v) is 6.87. The van der Waals surface area contributed by atoms with Gasteiger partial charge in [-0.05, 0) is 135 Å². The Morgan fingerprint density at radius 2 is 0.563 bits per heavy atom. The molecule has 0 aliphatic rings. The molecule has 6 nitrogen and oxygen atoms in total. The molecule has 6 heteroatoms. The lowest BCUT2D eigenvalue weighted by Crippen LogP contribution is -2.30. The number of unbranched alkanes of at least 4 members (excludes halogenated alkanes) is 11. The van der Waals surface area contributed by atoms with Crippen LogP contribution in [0.2, 0.25) is 0 Å². The van der Waals surface area contributed by atoms with Gasteiger partial charge in [-0.15, -0.1) is 0 Å². The molecule has 0 unspecified atom stereocenters. The van der Waals surface area contributed by atoms with E-state index in [1.165, 1.54) is 38.5 Å². The number of hydrogen-bond acceptors (Lipinski definition) is 6. The van der Waals surface area contributed by atoms with Crippen LogP contribution >= 0.6 is 0 Å². The van der Waals surface area contributed by atoms with E-state index < -0.39 is 12.1 Å². The number of hydrogen-bond donors (Lipinski definition) is 0. The van der Waals surface area contributed by atoms with Crippen molar-refractivity contribution in [3.63, 3.8) is 0 Å². The number of ether oxygens (including phenoxy) is 3. The molecular formula is C65H100O6. The standard InChI is InChI=1S/C65H100O6/c1-4-7-10-13-16-19-22-25-28-31-32-35-37-40-43-46-49-52-55-58-64(67)70-61-62(71-65(68)59-56-53-50-47-44-41-38-34-30-27-24-21-18-15-12-9-6-3)60-69-63(66)57-54-51-48-45-42-39-36-33-29-26-23-20-17-14-11-8-5-2/h8-9,11-12,16-21,25-30,32,35-36,38-39,41,45,47-48,50,62H,4-7,10,13-15,22-24,31,33-34,37,40,42-44,46,49,51-61H2,1-3H3/b11-8-,12-9-,19-16-,20-17-,21-18-,28-25-,29-26-,30-27-,35-32-,39-36-,41-38-,48-45-,50-47-/t62-/m1/s1. The van der Waals surface area contributed by atoms with Crippen LogP contribution in [-0.2, 0) is 28.6 Å². The Morgan fingerprint density at radius 3 is 0.915 bits per heavy atom. The molecule has 396 valence electrons. The van der Waals surface area contributed by atoms with Gasteiger partial charge in [0.05, 0.1) is 0 Å². The summed E-state index contributed by atoms with van der Waals surface area (Å²) < 4.78 is 16.7. The molecule has 0 aliphatic heterocycles. The zero-order valence-corrected chi connectivity index (χ0v) is 45.2. The summed E-state index contributed by atoms with van der Waals surface area (Å²) in [5.41, 5.74) is 0. The number of carbonyl (C=O) groups excluding carboxylic acids is 3. The van der Waals surface area contributed by atoms with E-state index in [2.05, 4.69) is 179 Å². The molecule has 0 aliphatic carbocycles. The minimum Gasteiger partial charge on any atom is -0.462 e. The molecule has 0 radical (unpaired) electrons. The third-order valence-corrected chi connectivity index (χ3v) is 11.0. The molecule has 0 rings (SSSR count). The second kappa shape index (κ2) is 57.6. The summed E-state index contributed by atoms with van der Waals surface area (Å²) in [5.74, 6) is -1.07. The predicted molar refractivity (Wildman–Crippen MR) is 306 cm³/mol. The molecule has 1 atom stereocenters. The van der Waals surface area contributed by atoms with Crippen molar-refractivity contribution < 1.29 is 28.6 Å². The lowest BCUT2D eigenvalue weighted by atomic mass is 10.1. The Labute approximate surface area is 435 Å². The first-order valence-corrected chi connectivity index (χ1v) is 28.0. The average Bonchev–Trinajstić information content (AvgIpc) is 3.37. The summed E-state index contributed by atoms with van der Waals surface area (Å²) in [7, 11) is 0. The summed E-state index contributed by atoms with van der Waals surface area (Å²) >= 11 is 0. The van der Waals surface area contributed by atoms with Crippen molar-refractivity contribution in [2.75, 3.05) is 13.2 Å². The maximum Gasteiger partial charge on any atom is 0.306 e. The van der Waals surface area contributed by atoms with Crippen LogP contribution in [0.5, 0.6) is 0 Å². The van der Waals surface area contributed by atoms with Gasteiger partial charge in [-0.3, -0.25) is 14.4 Å². The largest absolute Gasteiger partial charge is 0.462 e. The highest BCUT2D eigenvalue weighted by Crippen LogP contribution is 2.12. The molecule has 0 bridgehead atoms. The van der Waals surface area contributed by atoms with E-state index in [9.17, 15) is 14.4 Å². The fraction of sp³-hybridized carbons (Fsp3) is 0.554. The van der Waals surface area contributed by atoms with Crippen LogP contribution in [0.15, 0.2) is 158 Å². The van der Waals surface area contributed by atoms with Gasteiger partial charge in [0.2, 0.25) is 0 Å². The van der Waals surface area contributed by atoms with E-state index in [1.54, 1.807) is 0 Å². The van der Waals surface area contributed by atoms with Crippen molar-refractivity contribution in [3.8, 4) is 0 Å². The molecule has 0 aromatic carbocycles. The first kappa shape index (κ1) is 66.0. The van der Waals surface area contributed by atoms with Gasteiger partial charge in [-0.1, -0.05) is 217 Å². The average molecular weight is 978 g/mol. The van der Waals surface area contributed by atoms with Crippen molar-refractivity contribution >= 4 is 17.9 Å². The minimum atomic E-state index is -0.845. The van der Waals surface area contributed by atoms with Crippen LogP contribution in [0, 0.1) is 0 Å². The van der Waals surface area contributed by atoms with Crippen molar-refractivity contribution in [3.05, 3.63) is 158 Å². The molecule has 0 fully saturated rings. The highest BCUT2D eigenvalue weighted by Gasteiger charge is 2.19. The zero-order chi connectivity index (χ0) is 51.4. The summed E-state index contributed by atoms with van der Waals surface area (Å²) in [5, 5.41) is 0. The van der Waals surface area contributed by atoms with Crippen molar-refractivity contribution in [1.29, 1.82) is 0 Å². The Morgan fingerprint density at radius 1 is 0.296 bits per heavy atom. The summed E-state index contributed by atoms with van der Waals surface area (Å²) in [6.07, 6.45) is 83.8. The van der Waals surface area contributed by atoms with Crippen LogP contribution in [0.3, 0.4) is 0 Å². The van der Waals surface area contributed by atoms with Crippen LogP contribution < -0.4 is 0 Å². The van der Waals surface area contributed by atoms with Crippen molar-refractivity contribution in [2.45, 2.75) is 219 Å². The number of carbonyl (C=O) groups is 3. The summed E-state index contributed by atoms with van der Waals surface area (Å²) in [6, 6.07) is 0. The van der Waals surface area contributed by atoms with Gasteiger partial charge in [-0.25, -0.2) is 0 Å². The third-order valence-electron chi connectivity index (χ3n) is 11.0. The fourth-order valence-electron chi connectivity index (χ4n) is 6.87. The number of esters is 3. The van der Waals surface area contributed by atoms with Crippen molar-refractivity contribution in [2.24, 2.45) is 0 Å². The highest BCUT2D eigenvalue weighted by molar-refractivity contribution is 5.71. The molecule has 0 spiro atoms. The second-order valence-corrected chi connectivity index (χ2v) is 17.7. The second-order valence-electron chi connectivity index (χ2n) is 17.7. The van der Waals surface area contributed by atoms with E-state index in [1.807, 2.05) is 0 Å². The van der Waals surface area contributed by atoms with Gasteiger partial charge >= 0.3 is 17.9 Å². The SMILES string of the molecule is CC/C=C\C/C=C\C/C=C\C/C=C\C/C=C\CCCC(=O)OC[C@H](COC(=O)CCCCCCCC/C=C\C/C=C\C/C=C\CCCCC)OC(=O)CCC/C=C\C/C=C\C/C=C\C/C=C\C/C=C\CC. The Kier molecular flexibility index (Phi) is 53.6. The molecule has 0 saturated carbocycles. The van der Waals surface area contributed by atoms with Gasteiger partial charge < -0.3 is 14.2 Å². The molecule has 0 heterocycles. The summed E-state index contributed by atoms with van der Waals surface area (Å²) in [4.78, 5) is 38.1. The summed E-state index contributed by atoms with van der Waals surface area (Å²) in [6.45, 7) is 6.26. The molecular weight excluding hydrogens is 877 g/mol. The maximum absolute atomic E-state index is 12.8. The van der Waals surface area contributed by atoms with Crippen LogP contribution in [-0.4, -0.2) is 37.2 Å². The molecule has 0 saturated heterocycles. The number of rotatable bonds is 48. The lowest BCUT2D eigenvalue weighted by molar-refractivity contribution is -0.167. The normalized spacial score (nSPS) is 13.3. The van der Waals surface area contributed by atoms with Gasteiger partial charge in [0, 0.05) is 19.3 Å². The zero-order valence-electron chi connectivity index (χ0n) is 45.2. The maximum atomic E-state index is 12.8. The van der Waals surface area contributed by atoms with Crippen LogP contribution in [0.25, 0.3) is 0 Å². The van der Waals surface area contributed by atoms with Crippen LogP contribution in [0.1, 0.15) is 213 Å². The first-order chi connectivity index (χ1) is 35.0. The van der Waals surface area contributed by atoms with Gasteiger partial charge in [0.15, 0.2) is 6.10 Å². The topological polar surface area (TPSA) is 78.9 Å². The minimum absolute atomic E-state index is 0.133. The van der Waals surface area contributed by atoms with E-state index in [-0.39, 0.29) is 38.0 Å². The van der Waals surface area contributed by atoms with E-state index >= 15 is 0 Å². The van der Waals surface area contributed by atoms with E-state index in [0.717, 1.165) is 122 Å². The van der Waals surface area contributed by atoms with Crippen molar-refractivity contribution in [1.82, 2.24) is 0 Å². The molecule has 0 amide bonds. The first-order valence-electron chi connectivity index (χ1n) is 28.0. The number of allylic oxidation sites excluding steroid dienone is 26. The monoisotopic (exact) mass is 977 g/mol. The lowest BCUT2D eigenvalue weighted by Gasteiger charge is -2.18. The molecule has 71 heavy (non-hydrogen) atoms. The molecule has 0 N–H and O–H groups in total. The highest BCUT2D eigenvalue weighted by atomic mass is 16.6. The Bertz CT molecular complexity index is 1640. The van der Waals surface area contributed by atoms with Gasteiger partial charge in [-0.2, -0.15) is 0 Å². The predicted octanol–water partition coefficient (Wildman–Crippen LogP) is 19.0. The molecule has 0 aromatic rings. The van der Waals surface area contributed by atoms with Crippen LogP contribution in [0.4, 0.5) is 0 Å². The third kappa shape index (κ3) is 55.8. The van der Waals surface area contributed by atoms with E-state index in [0.29, 0.717) is 19.3 Å². The molecule has 0 aromatic heterocycles. The Hall–Kier alpha value is -4.97. The Balaban J connectivity index is 4.62. The smallest absolute Gasteiger partial charge is 0.306 e. The quantitative estimate of drug-likeness (QED) is 0.0262. The van der Waals surface area contributed by atoms with E-state index in [4.69, 9.17) is 14.2 Å². The van der Waals surface area contributed by atoms with Gasteiger partial charge in [0.1, 0.15) is 13.2 Å².